The number of rotatable bonds is 7. The molecule has 2 aromatic carbocycles. The number of aromatic nitrogens is 2. The molecule has 4 rings (SSSR count). The normalized spacial score (nSPS) is 14.7. The molecule has 1 aromatic heterocycles. The van der Waals surface area contributed by atoms with Gasteiger partial charge in [0.25, 0.3) is 0 Å². The van der Waals surface area contributed by atoms with Gasteiger partial charge in [-0.15, -0.1) is 0 Å². The maximum absolute atomic E-state index is 14.4. The van der Waals surface area contributed by atoms with Crippen LogP contribution in [0.3, 0.4) is 0 Å². The summed E-state index contributed by atoms with van der Waals surface area (Å²) in [6, 6.07) is 8.30. The Labute approximate surface area is 189 Å². The number of likely N-dealkylation sites (tertiary alicyclic amines) is 1. The van der Waals surface area contributed by atoms with Crippen molar-refractivity contribution in [1.82, 2.24) is 14.9 Å². The van der Waals surface area contributed by atoms with E-state index in [9.17, 15) is 9.18 Å². The Kier molecular flexibility index (Phi) is 6.70. The number of carbonyl (C=O) groups is 1. The molecule has 1 saturated heterocycles. The standard InChI is InChI=1S/C23H22ClFN4O3/c1-31-20-13-19-16(12-21(20)32-15-6-9-29(10-7-15)8-3-11-30)23(27-14-26-19)28-18-5-2-4-17(24)22(18)25/h2-5,8,11-15H,6-7,9-10H2,1H3,(H,26,27,28). The molecule has 9 heteroatoms. The minimum Gasteiger partial charge on any atom is -0.493 e. The van der Waals surface area contributed by atoms with Gasteiger partial charge in [0.15, 0.2) is 17.3 Å². The first-order valence-corrected chi connectivity index (χ1v) is 10.5. The van der Waals surface area contributed by atoms with E-state index in [0.29, 0.717) is 28.2 Å². The van der Waals surface area contributed by atoms with Crippen LogP contribution in [-0.4, -0.2) is 47.5 Å². The minimum absolute atomic E-state index is 0.00588. The summed E-state index contributed by atoms with van der Waals surface area (Å²) in [7, 11) is 1.57. The molecule has 0 spiro atoms. The fraction of sp³-hybridized carbons (Fsp3) is 0.261. The number of methoxy groups -OCH3 is 1. The molecule has 3 aromatic rings. The highest BCUT2D eigenvalue weighted by molar-refractivity contribution is 6.31. The first-order chi connectivity index (χ1) is 15.6. The molecule has 1 aliphatic heterocycles. The predicted octanol–water partition coefficient (Wildman–Crippen LogP) is 4.73. The van der Waals surface area contributed by atoms with Crippen LogP contribution in [0.15, 0.2) is 48.9 Å². The fourth-order valence-electron chi connectivity index (χ4n) is 3.62. The highest BCUT2D eigenvalue weighted by Gasteiger charge is 2.21. The Morgan fingerprint density at radius 3 is 2.78 bits per heavy atom. The van der Waals surface area contributed by atoms with E-state index in [2.05, 4.69) is 20.2 Å². The topological polar surface area (TPSA) is 76.6 Å². The van der Waals surface area contributed by atoms with Crippen LogP contribution in [0, 0.1) is 5.82 Å². The van der Waals surface area contributed by atoms with Gasteiger partial charge in [-0.05, 0) is 24.3 Å². The van der Waals surface area contributed by atoms with Gasteiger partial charge in [0.1, 0.15) is 24.5 Å². The highest BCUT2D eigenvalue weighted by atomic mass is 35.5. The molecule has 0 amide bonds. The van der Waals surface area contributed by atoms with Crippen LogP contribution >= 0.6 is 11.6 Å². The number of aldehydes is 1. The van der Waals surface area contributed by atoms with Gasteiger partial charge < -0.3 is 19.7 Å². The van der Waals surface area contributed by atoms with E-state index >= 15 is 0 Å². The van der Waals surface area contributed by atoms with Crippen LogP contribution in [0.25, 0.3) is 10.9 Å². The molecule has 1 fully saturated rings. The molecular formula is C23H22ClFN4O3. The van der Waals surface area contributed by atoms with Crippen molar-refractivity contribution in [3.63, 3.8) is 0 Å². The van der Waals surface area contributed by atoms with Gasteiger partial charge in [-0.2, -0.15) is 0 Å². The third-order valence-electron chi connectivity index (χ3n) is 5.27. The van der Waals surface area contributed by atoms with Crippen LogP contribution in [0.4, 0.5) is 15.9 Å². The van der Waals surface area contributed by atoms with Crippen molar-refractivity contribution in [2.45, 2.75) is 18.9 Å². The van der Waals surface area contributed by atoms with Gasteiger partial charge in [-0.3, -0.25) is 4.79 Å². The molecule has 0 saturated carbocycles. The number of allylic oxidation sites excluding steroid dienone is 1. The molecule has 32 heavy (non-hydrogen) atoms. The van der Waals surface area contributed by atoms with Crippen LogP contribution in [0.1, 0.15) is 12.8 Å². The first-order valence-electron chi connectivity index (χ1n) is 10.2. The fourth-order valence-corrected chi connectivity index (χ4v) is 3.80. The van der Waals surface area contributed by atoms with E-state index < -0.39 is 5.82 Å². The van der Waals surface area contributed by atoms with Crippen LogP contribution in [-0.2, 0) is 4.79 Å². The van der Waals surface area contributed by atoms with Gasteiger partial charge in [0.2, 0.25) is 0 Å². The number of fused-ring (bicyclic) bond motifs is 1. The quantitative estimate of drug-likeness (QED) is 0.406. The lowest BCUT2D eigenvalue weighted by atomic mass is 10.1. The van der Waals surface area contributed by atoms with E-state index in [0.717, 1.165) is 32.2 Å². The molecule has 0 atom stereocenters. The maximum atomic E-state index is 14.4. The molecule has 1 aliphatic rings. The van der Waals surface area contributed by atoms with Crippen molar-refractivity contribution >= 4 is 40.3 Å². The molecule has 0 bridgehead atoms. The zero-order valence-corrected chi connectivity index (χ0v) is 18.2. The van der Waals surface area contributed by atoms with E-state index in [1.165, 1.54) is 18.5 Å². The molecule has 0 aliphatic carbocycles. The van der Waals surface area contributed by atoms with E-state index in [4.69, 9.17) is 21.1 Å². The van der Waals surface area contributed by atoms with Gasteiger partial charge >= 0.3 is 0 Å². The van der Waals surface area contributed by atoms with E-state index in [-0.39, 0.29) is 16.8 Å². The Balaban J connectivity index is 1.60. The summed E-state index contributed by atoms with van der Waals surface area (Å²) in [5.74, 6) is 0.990. The number of carbonyl (C=O) groups excluding carboxylic acids is 1. The Bertz CT molecular complexity index is 1150. The number of nitrogens with zero attached hydrogens (tertiary/aromatic N) is 3. The molecular weight excluding hydrogens is 435 g/mol. The highest BCUT2D eigenvalue weighted by Crippen LogP contribution is 2.36. The predicted molar refractivity (Wildman–Crippen MR) is 121 cm³/mol. The molecule has 166 valence electrons. The lowest BCUT2D eigenvalue weighted by Gasteiger charge is -2.31. The number of piperidine rings is 1. The van der Waals surface area contributed by atoms with E-state index in [1.54, 1.807) is 37.6 Å². The second-order valence-electron chi connectivity index (χ2n) is 7.30. The summed E-state index contributed by atoms with van der Waals surface area (Å²) in [4.78, 5) is 21.2. The summed E-state index contributed by atoms with van der Waals surface area (Å²) in [5, 5.41) is 3.68. The number of hydrogen-bond acceptors (Lipinski definition) is 7. The third-order valence-corrected chi connectivity index (χ3v) is 5.56. The van der Waals surface area contributed by atoms with Gasteiger partial charge in [0.05, 0.1) is 23.3 Å². The summed E-state index contributed by atoms with van der Waals surface area (Å²) in [6.45, 7) is 1.57. The average Bonchev–Trinajstić information content (AvgIpc) is 2.81. The Morgan fingerprint density at radius 2 is 2.03 bits per heavy atom. The van der Waals surface area contributed by atoms with Gasteiger partial charge in [0, 0.05) is 43.6 Å². The van der Waals surface area contributed by atoms with Crippen LogP contribution in [0.2, 0.25) is 5.02 Å². The lowest BCUT2D eigenvalue weighted by molar-refractivity contribution is -0.104. The Hall–Kier alpha value is -3.39. The minimum atomic E-state index is -0.554. The molecule has 1 N–H and O–H groups in total. The summed E-state index contributed by atoms with van der Waals surface area (Å²) < 4.78 is 26.2. The molecule has 2 heterocycles. The molecule has 0 unspecified atom stereocenters. The van der Waals surface area contributed by atoms with Crippen molar-refractivity contribution in [3.05, 3.63) is 59.8 Å². The average molecular weight is 457 g/mol. The number of benzene rings is 2. The van der Waals surface area contributed by atoms with Crippen molar-refractivity contribution in [1.29, 1.82) is 0 Å². The zero-order chi connectivity index (χ0) is 22.5. The van der Waals surface area contributed by atoms with Crippen molar-refractivity contribution in [2.75, 3.05) is 25.5 Å². The van der Waals surface area contributed by atoms with Crippen LogP contribution in [0.5, 0.6) is 11.5 Å². The van der Waals surface area contributed by atoms with Crippen LogP contribution < -0.4 is 14.8 Å². The second-order valence-corrected chi connectivity index (χ2v) is 7.71. The number of anilines is 2. The summed E-state index contributed by atoms with van der Waals surface area (Å²) >= 11 is 5.90. The Morgan fingerprint density at radius 1 is 1.22 bits per heavy atom. The zero-order valence-electron chi connectivity index (χ0n) is 17.4. The maximum Gasteiger partial charge on any atom is 0.165 e. The van der Waals surface area contributed by atoms with Gasteiger partial charge in [-0.25, -0.2) is 14.4 Å². The number of nitrogens with one attached hydrogen (secondary N) is 1. The SMILES string of the molecule is COc1cc2ncnc(Nc3cccc(Cl)c3F)c2cc1OC1CCN(C=CC=O)CC1. The number of hydrogen-bond donors (Lipinski definition) is 1. The monoisotopic (exact) mass is 456 g/mol. The van der Waals surface area contributed by atoms with Crippen molar-refractivity contribution in [3.8, 4) is 11.5 Å². The van der Waals surface area contributed by atoms with Gasteiger partial charge in [-0.1, -0.05) is 17.7 Å². The first kappa shape index (κ1) is 21.8. The number of halogens is 2. The second kappa shape index (κ2) is 9.82. The summed E-state index contributed by atoms with van der Waals surface area (Å²) in [5.41, 5.74) is 0.842. The molecule has 7 nitrogen and oxygen atoms in total. The number of ether oxygens (including phenoxy) is 2. The lowest BCUT2D eigenvalue weighted by Crippen LogP contribution is -2.35. The van der Waals surface area contributed by atoms with Crippen molar-refractivity contribution < 1.29 is 18.7 Å². The third kappa shape index (κ3) is 4.75. The summed E-state index contributed by atoms with van der Waals surface area (Å²) in [6.07, 6.45) is 7.05. The van der Waals surface area contributed by atoms with Crippen molar-refractivity contribution in [2.24, 2.45) is 0 Å². The molecule has 0 radical (unpaired) electrons. The van der Waals surface area contributed by atoms with E-state index in [1.807, 2.05) is 0 Å². The largest absolute Gasteiger partial charge is 0.493 e. The smallest absolute Gasteiger partial charge is 0.165 e.